The van der Waals surface area contributed by atoms with Crippen molar-refractivity contribution in [2.24, 2.45) is 0 Å². The molecular formula is C26H31N5O3. The summed E-state index contributed by atoms with van der Waals surface area (Å²) in [6, 6.07) is 14.0. The van der Waals surface area contributed by atoms with E-state index in [9.17, 15) is 4.79 Å². The van der Waals surface area contributed by atoms with Gasteiger partial charge in [0.1, 0.15) is 17.2 Å². The highest BCUT2D eigenvalue weighted by molar-refractivity contribution is 5.80. The molecule has 0 radical (unpaired) electrons. The second-order valence-corrected chi connectivity index (χ2v) is 9.14. The molecule has 0 aliphatic carbocycles. The Morgan fingerprint density at radius 3 is 2.65 bits per heavy atom. The molecule has 1 fully saturated rings. The Hall–Kier alpha value is -3.23. The molecule has 2 aliphatic rings. The SMILES string of the molecule is COc1ccc(CN2CCC3(CC2)OC(C(=O)N(C)Cc2ccccn2)Cn2ccnc23)cc1. The molecule has 3 aromatic rings. The average molecular weight is 462 g/mol. The quantitative estimate of drug-likeness (QED) is 0.562. The number of ether oxygens (including phenoxy) is 2. The van der Waals surface area contributed by atoms with E-state index in [0.29, 0.717) is 13.1 Å². The first kappa shape index (κ1) is 22.6. The van der Waals surface area contributed by atoms with Gasteiger partial charge in [-0.1, -0.05) is 18.2 Å². The molecule has 178 valence electrons. The molecule has 8 nitrogen and oxygen atoms in total. The average Bonchev–Trinajstić information content (AvgIpc) is 3.36. The summed E-state index contributed by atoms with van der Waals surface area (Å²) in [6.45, 7) is 3.58. The summed E-state index contributed by atoms with van der Waals surface area (Å²) >= 11 is 0. The Balaban J connectivity index is 1.26. The highest BCUT2D eigenvalue weighted by Gasteiger charge is 2.47. The van der Waals surface area contributed by atoms with E-state index in [1.807, 2.05) is 49.8 Å². The van der Waals surface area contributed by atoms with Crippen LogP contribution >= 0.6 is 0 Å². The standard InChI is InChI=1S/C26H31N5O3/c1-29(18-21-5-3-4-12-27-21)24(32)23-19-31-16-13-28-25(31)26(34-23)10-14-30(15-11-26)17-20-6-8-22(33-2)9-7-20/h3-9,12-13,16,23H,10-11,14-15,17-19H2,1-2H3. The van der Waals surface area contributed by atoms with E-state index in [4.69, 9.17) is 9.47 Å². The second-order valence-electron chi connectivity index (χ2n) is 9.14. The summed E-state index contributed by atoms with van der Waals surface area (Å²) in [7, 11) is 3.50. The molecule has 5 rings (SSSR count). The van der Waals surface area contributed by atoms with E-state index in [1.165, 1.54) is 5.56 Å². The summed E-state index contributed by atoms with van der Waals surface area (Å²) < 4.78 is 14.0. The third-order valence-electron chi connectivity index (χ3n) is 6.86. The predicted octanol–water partition coefficient (Wildman–Crippen LogP) is 2.84. The Morgan fingerprint density at radius 1 is 1.15 bits per heavy atom. The van der Waals surface area contributed by atoms with Crippen molar-refractivity contribution in [3.63, 3.8) is 0 Å². The maximum atomic E-state index is 13.3. The summed E-state index contributed by atoms with van der Waals surface area (Å²) in [5, 5.41) is 0. The van der Waals surface area contributed by atoms with Gasteiger partial charge < -0.3 is 18.9 Å². The number of methoxy groups -OCH3 is 1. The van der Waals surface area contributed by atoms with Crippen LogP contribution in [0.2, 0.25) is 0 Å². The van der Waals surface area contributed by atoms with Crippen LogP contribution in [0, 0.1) is 0 Å². The lowest BCUT2D eigenvalue weighted by atomic mass is 9.88. The van der Waals surface area contributed by atoms with Crippen molar-refractivity contribution in [3.8, 4) is 5.75 Å². The van der Waals surface area contributed by atoms with Crippen molar-refractivity contribution in [3.05, 3.63) is 78.1 Å². The van der Waals surface area contributed by atoms with Gasteiger partial charge >= 0.3 is 0 Å². The molecule has 1 unspecified atom stereocenters. The van der Waals surface area contributed by atoms with Gasteiger partial charge in [0.2, 0.25) is 0 Å². The first-order valence-electron chi connectivity index (χ1n) is 11.8. The van der Waals surface area contributed by atoms with E-state index in [0.717, 1.165) is 49.7 Å². The van der Waals surface area contributed by atoms with Crippen molar-refractivity contribution < 1.29 is 14.3 Å². The number of piperidine rings is 1. The number of imidazole rings is 1. The second kappa shape index (κ2) is 9.56. The van der Waals surface area contributed by atoms with E-state index in [2.05, 4.69) is 31.6 Å². The molecule has 0 bridgehead atoms. The predicted molar refractivity (Wildman–Crippen MR) is 127 cm³/mol. The lowest BCUT2D eigenvalue weighted by Crippen LogP contribution is -2.54. The van der Waals surface area contributed by atoms with Gasteiger partial charge in [0.25, 0.3) is 5.91 Å². The molecule has 0 saturated carbocycles. The smallest absolute Gasteiger partial charge is 0.253 e. The van der Waals surface area contributed by atoms with Crippen LogP contribution in [0.3, 0.4) is 0 Å². The van der Waals surface area contributed by atoms with Gasteiger partial charge in [-0.2, -0.15) is 0 Å². The molecule has 1 saturated heterocycles. The zero-order valence-corrected chi connectivity index (χ0v) is 19.8. The highest BCUT2D eigenvalue weighted by Crippen LogP contribution is 2.40. The molecule has 2 aliphatic heterocycles. The molecule has 8 heteroatoms. The normalized spacial score (nSPS) is 19.5. The minimum atomic E-state index is -0.538. The number of hydrogen-bond acceptors (Lipinski definition) is 6. The third-order valence-corrected chi connectivity index (χ3v) is 6.86. The molecule has 4 heterocycles. The summed E-state index contributed by atoms with van der Waals surface area (Å²) in [5.74, 6) is 1.78. The van der Waals surface area contributed by atoms with Crippen LogP contribution in [-0.4, -0.2) is 63.6 Å². The Morgan fingerprint density at radius 2 is 1.94 bits per heavy atom. The van der Waals surface area contributed by atoms with E-state index in [1.54, 1.807) is 18.2 Å². The number of likely N-dealkylation sites (tertiary alicyclic amines) is 1. The number of hydrogen-bond donors (Lipinski definition) is 0. The topological polar surface area (TPSA) is 72.7 Å². The van der Waals surface area contributed by atoms with Crippen LogP contribution in [0.25, 0.3) is 0 Å². The fraction of sp³-hybridized carbons (Fsp3) is 0.423. The molecule has 2 aromatic heterocycles. The Kier molecular flexibility index (Phi) is 6.34. The van der Waals surface area contributed by atoms with Crippen LogP contribution < -0.4 is 4.74 Å². The minimum absolute atomic E-state index is 0.0231. The minimum Gasteiger partial charge on any atom is -0.497 e. The van der Waals surface area contributed by atoms with Crippen molar-refractivity contribution in [2.45, 2.75) is 44.2 Å². The van der Waals surface area contributed by atoms with Gasteiger partial charge in [-0.25, -0.2) is 4.98 Å². The van der Waals surface area contributed by atoms with Crippen LogP contribution in [0.1, 0.15) is 29.9 Å². The van der Waals surface area contributed by atoms with Gasteiger partial charge in [0.15, 0.2) is 6.10 Å². The molecular weight excluding hydrogens is 430 g/mol. The number of carbonyl (C=O) groups excluding carboxylic acids is 1. The number of amides is 1. The number of carbonyl (C=O) groups is 1. The Labute approximate surface area is 200 Å². The fourth-order valence-electron chi connectivity index (χ4n) is 4.99. The van der Waals surface area contributed by atoms with Crippen molar-refractivity contribution in [1.82, 2.24) is 24.3 Å². The van der Waals surface area contributed by atoms with E-state index < -0.39 is 11.7 Å². The van der Waals surface area contributed by atoms with Crippen LogP contribution in [-0.2, 0) is 34.8 Å². The fourth-order valence-corrected chi connectivity index (χ4v) is 4.99. The maximum absolute atomic E-state index is 13.3. The summed E-state index contributed by atoms with van der Waals surface area (Å²) in [6.07, 6.45) is 6.58. The molecule has 0 N–H and O–H groups in total. The summed E-state index contributed by atoms with van der Waals surface area (Å²) in [4.78, 5) is 26.5. The zero-order chi connectivity index (χ0) is 23.5. The number of rotatable bonds is 6. The lowest BCUT2D eigenvalue weighted by molar-refractivity contribution is -0.181. The number of pyridine rings is 1. The van der Waals surface area contributed by atoms with Gasteiger partial charge in [0.05, 0.1) is 25.9 Å². The summed E-state index contributed by atoms with van der Waals surface area (Å²) in [5.41, 5.74) is 1.58. The Bertz CT molecular complexity index is 1110. The van der Waals surface area contributed by atoms with Crippen LogP contribution in [0.5, 0.6) is 5.75 Å². The molecule has 34 heavy (non-hydrogen) atoms. The monoisotopic (exact) mass is 461 g/mol. The van der Waals surface area contributed by atoms with Crippen LogP contribution in [0.4, 0.5) is 0 Å². The highest BCUT2D eigenvalue weighted by atomic mass is 16.5. The van der Waals surface area contributed by atoms with Gasteiger partial charge in [0, 0.05) is 45.3 Å². The molecule has 1 amide bonds. The number of likely N-dealkylation sites (N-methyl/N-ethyl adjacent to an activating group) is 1. The van der Waals surface area contributed by atoms with E-state index in [-0.39, 0.29) is 5.91 Å². The lowest BCUT2D eigenvalue weighted by Gasteiger charge is -2.46. The largest absolute Gasteiger partial charge is 0.497 e. The number of fused-ring (bicyclic) bond motifs is 2. The third kappa shape index (κ3) is 4.56. The first-order chi connectivity index (χ1) is 16.6. The van der Waals surface area contributed by atoms with Gasteiger partial charge in [-0.05, 0) is 42.7 Å². The molecule has 1 aromatic carbocycles. The molecule has 1 spiro atoms. The van der Waals surface area contributed by atoms with Crippen molar-refractivity contribution in [1.29, 1.82) is 0 Å². The number of benzene rings is 1. The van der Waals surface area contributed by atoms with Crippen molar-refractivity contribution in [2.75, 3.05) is 27.2 Å². The number of nitrogens with zero attached hydrogens (tertiary/aromatic N) is 5. The van der Waals surface area contributed by atoms with E-state index >= 15 is 0 Å². The van der Waals surface area contributed by atoms with Gasteiger partial charge in [-0.15, -0.1) is 0 Å². The number of aromatic nitrogens is 3. The van der Waals surface area contributed by atoms with Gasteiger partial charge in [-0.3, -0.25) is 14.7 Å². The first-order valence-corrected chi connectivity index (χ1v) is 11.8. The maximum Gasteiger partial charge on any atom is 0.253 e. The van der Waals surface area contributed by atoms with Crippen molar-refractivity contribution >= 4 is 5.91 Å². The molecule has 1 atom stereocenters. The zero-order valence-electron chi connectivity index (χ0n) is 19.8. The van der Waals surface area contributed by atoms with Crippen LogP contribution in [0.15, 0.2) is 61.1 Å².